The molecule has 1 rings (SSSR count). The van der Waals surface area contributed by atoms with Crippen molar-refractivity contribution < 1.29 is 4.42 Å². The molecular weight excluding hydrogens is 196 g/mol. The number of hydrogen-bond acceptors (Lipinski definition) is 1. The second-order valence-corrected chi connectivity index (χ2v) is 4.57. The molecular formula is C12H19ClO. The zero-order chi connectivity index (χ0) is 10.8. The van der Waals surface area contributed by atoms with Crippen molar-refractivity contribution in [2.75, 3.05) is 0 Å². The molecule has 80 valence electrons. The van der Waals surface area contributed by atoms with E-state index in [-0.39, 0.29) is 5.41 Å². The molecule has 1 heterocycles. The molecule has 0 aliphatic rings. The van der Waals surface area contributed by atoms with E-state index >= 15 is 0 Å². The standard InChI is InChI=1S/C12H19ClO/c1-5-7-12(4,6-2)10-9(3)8-14-11(10)13/h8H,5-7H2,1-4H3. The zero-order valence-electron chi connectivity index (χ0n) is 9.48. The second kappa shape index (κ2) is 4.39. The highest BCUT2D eigenvalue weighted by Gasteiger charge is 2.29. The molecule has 0 saturated heterocycles. The first kappa shape index (κ1) is 11.6. The third-order valence-corrected chi connectivity index (χ3v) is 3.39. The molecule has 1 aromatic rings. The van der Waals surface area contributed by atoms with Gasteiger partial charge >= 0.3 is 0 Å². The van der Waals surface area contributed by atoms with Crippen LogP contribution in [0.1, 0.15) is 51.2 Å². The number of rotatable bonds is 4. The first-order chi connectivity index (χ1) is 6.55. The molecule has 0 N–H and O–H groups in total. The van der Waals surface area contributed by atoms with Gasteiger partial charge in [-0.1, -0.05) is 27.2 Å². The predicted octanol–water partition coefficient (Wildman–Crippen LogP) is 4.71. The van der Waals surface area contributed by atoms with Crippen LogP contribution in [0.15, 0.2) is 10.7 Å². The molecule has 0 spiro atoms. The maximum Gasteiger partial charge on any atom is 0.197 e. The molecule has 0 saturated carbocycles. The lowest BCUT2D eigenvalue weighted by molar-refractivity contribution is 0.407. The van der Waals surface area contributed by atoms with E-state index < -0.39 is 0 Å². The highest BCUT2D eigenvalue weighted by atomic mass is 35.5. The molecule has 2 heteroatoms. The van der Waals surface area contributed by atoms with Crippen LogP contribution in [0.5, 0.6) is 0 Å². The van der Waals surface area contributed by atoms with Crippen molar-refractivity contribution >= 4 is 11.6 Å². The van der Waals surface area contributed by atoms with Gasteiger partial charge in [-0.25, -0.2) is 0 Å². The summed E-state index contributed by atoms with van der Waals surface area (Å²) in [6.45, 7) is 8.74. The van der Waals surface area contributed by atoms with Gasteiger partial charge in [0.1, 0.15) is 0 Å². The fraction of sp³-hybridized carbons (Fsp3) is 0.667. The van der Waals surface area contributed by atoms with Crippen LogP contribution in [0.3, 0.4) is 0 Å². The van der Waals surface area contributed by atoms with Crippen molar-refractivity contribution in [3.63, 3.8) is 0 Å². The Bertz CT molecular complexity index is 284. The smallest absolute Gasteiger partial charge is 0.197 e. The van der Waals surface area contributed by atoms with Crippen LogP contribution in [0.4, 0.5) is 0 Å². The zero-order valence-corrected chi connectivity index (χ0v) is 10.2. The van der Waals surface area contributed by atoms with Gasteiger partial charge in [-0.3, -0.25) is 0 Å². The number of halogens is 1. The second-order valence-electron chi connectivity index (χ2n) is 4.23. The summed E-state index contributed by atoms with van der Waals surface area (Å²) in [5.41, 5.74) is 2.54. The van der Waals surface area contributed by atoms with Gasteiger partial charge < -0.3 is 4.42 Å². The van der Waals surface area contributed by atoms with Gasteiger partial charge in [0.15, 0.2) is 5.22 Å². The Labute approximate surface area is 91.4 Å². The first-order valence-corrected chi connectivity index (χ1v) is 5.67. The molecule has 1 nitrogen and oxygen atoms in total. The van der Waals surface area contributed by atoms with Crippen molar-refractivity contribution in [3.05, 3.63) is 22.6 Å². The third kappa shape index (κ3) is 1.98. The Balaban J connectivity index is 3.11. The molecule has 1 atom stereocenters. The summed E-state index contributed by atoms with van der Waals surface area (Å²) in [5, 5.41) is 0.570. The summed E-state index contributed by atoms with van der Waals surface area (Å²) in [7, 11) is 0. The third-order valence-electron chi connectivity index (χ3n) is 3.12. The average Bonchev–Trinajstić information content (AvgIpc) is 2.47. The maximum absolute atomic E-state index is 6.08. The summed E-state index contributed by atoms with van der Waals surface area (Å²) >= 11 is 6.08. The molecule has 0 radical (unpaired) electrons. The molecule has 1 unspecified atom stereocenters. The van der Waals surface area contributed by atoms with Crippen LogP contribution in [0.25, 0.3) is 0 Å². The van der Waals surface area contributed by atoms with Gasteiger partial charge in [0.05, 0.1) is 6.26 Å². The minimum atomic E-state index is 0.170. The van der Waals surface area contributed by atoms with E-state index in [0.29, 0.717) is 5.22 Å². The maximum atomic E-state index is 6.08. The van der Waals surface area contributed by atoms with Gasteiger partial charge in [0, 0.05) is 5.56 Å². The Morgan fingerprint density at radius 3 is 2.43 bits per heavy atom. The highest BCUT2D eigenvalue weighted by Crippen LogP contribution is 2.39. The molecule has 14 heavy (non-hydrogen) atoms. The van der Waals surface area contributed by atoms with E-state index in [4.69, 9.17) is 16.0 Å². The van der Waals surface area contributed by atoms with Crippen LogP contribution < -0.4 is 0 Å². The summed E-state index contributed by atoms with van der Waals surface area (Å²) in [6.07, 6.45) is 5.18. The lowest BCUT2D eigenvalue weighted by Gasteiger charge is -2.28. The van der Waals surface area contributed by atoms with E-state index in [1.54, 1.807) is 6.26 Å². The van der Waals surface area contributed by atoms with Gasteiger partial charge in [-0.2, -0.15) is 0 Å². The summed E-state index contributed by atoms with van der Waals surface area (Å²) < 4.78 is 5.26. The molecule has 0 aliphatic heterocycles. The minimum absolute atomic E-state index is 0.170. The van der Waals surface area contributed by atoms with Gasteiger partial charge in [0.25, 0.3) is 0 Å². The van der Waals surface area contributed by atoms with Gasteiger partial charge in [-0.05, 0) is 42.3 Å². The van der Waals surface area contributed by atoms with E-state index in [1.165, 1.54) is 17.5 Å². The van der Waals surface area contributed by atoms with Crippen LogP contribution in [0, 0.1) is 6.92 Å². The predicted molar refractivity (Wildman–Crippen MR) is 61.0 cm³/mol. The SMILES string of the molecule is CCCC(C)(CC)c1c(C)coc1Cl. The Kier molecular flexibility index (Phi) is 3.65. The van der Waals surface area contributed by atoms with Crippen LogP contribution in [0.2, 0.25) is 5.22 Å². The van der Waals surface area contributed by atoms with Crippen LogP contribution in [-0.4, -0.2) is 0 Å². The van der Waals surface area contributed by atoms with Crippen molar-refractivity contribution in [2.45, 2.75) is 52.4 Å². The lowest BCUT2D eigenvalue weighted by Crippen LogP contribution is -2.21. The van der Waals surface area contributed by atoms with Gasteiger partial charge in [-0.15, -0.1) is 0 Å². The van der Waals surface area contributed by atoms with Crippen LogP contribution in [-0.2, 0) is 5.41 Å². The normalized spacial score (nSPS) is 15.5. The first-order valence-electron chi connectivity index (χ1n) is 5.29. The fourth-order valence-corrected chi connectivity index (χ4v) is 2.58. The Morgan fingerprint density at radius 1 is 1.43 bits per heavy atom. The number of hydrogen-bond donors (Lipinski definition) is 0. The summed E-state index contributed by atoms with van der Waals surface area (Å²) in [5.74, 6) is 0. The number of furan rings is 1. The van der Waals surface area contributed by atoms with Crippen molar-refractivity contribution in [2.24, 2.45) is 0 Å². The van der Waals surface area contributed by atoms with Crippen molar-refractivity contribution in [3.8, 4) is 0 Å². The Hall–Kier alpha value is -0.430. The van der Waals surface area contributed by atoms with E-state index in [0.717, 1.165) is 12.8 Å². The summed E-state index contributed by atoms with van der Waals surface area (Å²) in [6, 6.07) is 0. The molecule has 0 bridgehead atoms. The topological polar surface area (TPSA) is 13.1 Å². The highest BCUT2D eigenvalue weighted by molar-refractivity contribution is 6.29. The largest absolute Gasteiger partial charge is 0.452 e. The molecule has 1 aromatic heterocycles. The van der Waals surface area contributed by atoms with Gasteiger partial charge in [0.2, 0.25) is 0 Å². The minimum Gasteiger partial charge on any atom is -0.452 e. The number of aryl methyl sites for hydroxylation is 1. The molecule has 0 aliphatic carbocycles. The molecule has 0 amide bonds. The molecule has 0 aromatic carbocycles. The lowest BCUT2D eigenvalue weighted by atomic mass is 9.76. The quantitative estimate of drug-likeness (QED) is 0.708. The summed E-state index contributed by atoms with van der Waals surface area (Å²) in [4.78, 5) is 0. The molecule has 0 fully saturated rings. The van der Waals surface area contributed by atoms with E-state index in [1.807, 2.05) is 0 Å². The van der Waals surface area contributed by atoms with Crippen molar-refractivity contribution in [1.29, 1.82) is 0 Å². The average molecular weight is 215 g/mol. The monoisotopic (exact) mass is 214 g/mol. The Morgan fingerprint density at radius 2 is 2.07 bits per heavy atom. The van der Waals surface area contributed by atoms with Crippen LogP contribution >= 0.6 is 11.6 Å². The van der Waals surface area contributed by atoms with E-state index in [9.17, 15) is 0 Å². The fourth-order valence-electron chi connectivity index (χ4n) is 2.16. The van der Waals surface area contributed by atoms with Crippen molar-refractivity contribution in [1.82, 2.24) is 0 Å². The van der Waals surface area contributed by atoms with E-state index in [2.05, 4.69) is 27.7 Å².